The van der Waals surface area contributed by atoms with E-state index in [2.05, 4.69) is 4.98 Å². The molecule has 178 valence electrons. The first-order chi connectivity index (χ1) is 16.9. The molecule has 9 nitrogen and oxygen atoms in total. The summed E-state index contributed by atoms with van der Waals surface area (Å²) in [5, 5.41) is 0.180. The number of carbonyl (C=O) groups is 2. The predicted octanol–water partition coefficient (Wildman–Crippen LogP) is 4.26. The van der Waals surface area contributed by atoms with Gasteiger partial charge in [0.25, 0.3) is 11.1 Å². The maximum absolute atomic E-state index is 12.6. The molecule has 3 aromatic carbocycles. The molecule has 1 N–H and O–H groups in total. The standard InChI is InChI=1S/C26H21NO8/c1-3-32-25(30)15-5-9-17(10-6-15)34-21-19-13-14-20(24(29)27-23(19)28)22(21)35-18-11-7-16(8-12-18)26(31)33-4-2/h5-14H,3-4H2,1-2H3,(H,27,28,29). The molecule has 0 radical (unpaired) electrons. The van der Waals surface area contributed by atoms with Crippen molar-refractivity contribution in [1.82, 2.24) is 4.98 Å². The van der Waals surface area contributed by atoms with E-state index >= 15 is 0 Å². The largest absolute Gasteiger partial charge is 0.462 e. The van der Waals surface area contributed by atoms with Crippen LogP contribution in [-0.2, 0) is 9.47 Å². The fourth-order valence-electron chi connectivity index (χ4n) is 3.34. The number of esters is 2. The fourth-order valence-corrected chi connectivity index (χ4v) is 3.34. The van der Waals surface area contributed by atoms with Crippen molar-refractivity contribution >= 4 is 22.7 Å². The summed E-state index contributed by atoms with van der Waals surface area (Å²) in [6.45, 7) is 3.92. The van der Waals surface area contributed by atoms with E-state index in [0.717, 1.165) is 0 Å². The average Bonchev–Trinajstić information content (AvgIpc) is 3.04. The number of rotatable bonds is 8. The van der Waals surface area contributed by atoms with Crippen LogP contribution in [0.15, 0.2) is 70.3 Å². The van der Waals surface area contributed by atoms with Crippen LogP contribution in [0.5, 0.6) is 23.0 Å². The molecule has 2 bridgehead atoms. The SMILES string of the molecule is CCOC(=O)c1ccc(Oc2c(Oc3ccc(C(=O)OCC)cc3)c3ccc2c(=O)[nH]c3=O)cc1. The summed E-state index contributed by atoms with van der Waals surface area (Å²) in [4.78, 5) is 51.2. The van der Waals surface area contributed by atoms with Gasteiger partial charge in [0.1, 0.15) is 11.5 Å². The first-order valence-corrected chi connectivity index (χ1v) is 10.8. The summed E-state index contributed by atoms with van der Waals surface area (Å²) >= 11 is 0. The van der Waals surface area contributed by atoms with Gasteiger partial charge in [-0.2, -0.15) is 0 Å². The molecular formula is C26H21NO8. The molecule has 0 atom stereocenters. The third-order valence-electron chi connectivity index (χ3n) is 5.00. The lowest BCUT2D eigenvalue weighted by Gasteiger charge is -2.14. The first kappa shape index (κ1) is 23.5. The van der Waals surface area contributed by atoms with E-state index in [1.807, 2.05) is 0 Å². The number of hydrogen-bond acceptors (Lipinski definition) is 8. The molecule has 0 aliphatic heterocycles. The molecule has 35 heavy (non-hydrogen) atoms. The molecule has 0 saturated carbocycles. The Morgan fingerprint density at radius 1 is 0.629 bits per heavy atom. The minimum absolute atomic E-state index is 0.0317. The molecule has 0 spiro atoms. The number of aromatic nitrogens is 1. The number of benzene rings is 3. The molecule has 5 aromatic rings. The highest BCUT2D eigenvalue weighted by Gasteiger charge is 2.20. The van der Waals surface area contributed by atoms with Crippen molar-refractivity contribution in [3.05, 3.63) is 92.5 Å². The third kappa shape index (κ3) is 4.98. The van der Waals surface area contributed by atoms with E-state index in [1.165, 1.54) is 60.7 Å². The van der Waals surface area contributed by atoms with Gasteiger partial charge >= 0.3 is 11.9 Å². The van der Waals surface area contributed by atoms with Crippen LogP contribution in [0.1, 0.15) is 34.6 Å². The minimum atomic E-state index is -0.643. The van der Waals surface area contributed by atoms with Gasteiger partial charge in [0.05, 0.1) is 35.1 Å². The summed E-state index contributed by atoms with van der Waals surface area (Å²) in [5.74, 6) is -0.268. The van der Waals surface area contributed by atoms with E-state index in [4.69, 9.17) is 18.9 Å². The monoisotopic (exact) mass is 475 g/mol. The van der Waals surface area contributed by atoms with Crippen molar-refractivity contribution in [2.75, 3.05) is 13.2 Å². The molecule has 0 unspecified atom stereocenters. The summed E-state index contributed by atoms with van der Waals surface area (Å²) in [6.07, 6.45) is 0. The summed E-state index contributed by atoms with van der Waals surface area (Å²) in [5.41, 5.74) is -0.613. The van der Waals surface area contributed by atoms with Crippen LogP contribution in [0, 0.1) is 0 Å². The fraction of sp³-hybridized carbons (Fsp3) is 0.154. The van der Waals surface area contributed by atoms with Gasteiger partial charge in [-0.15, -0.1) is 0 Å². The lowest BCUT2D eigenvalue weighted by atomic mass is 10.2. The van der Waals surface area contributed by atoms with Gasteiger partial charge in [-0.25, -0.2) is 9.59 Å². The van der Waals surface area contributed by atoms with Crippen molar-refractivity contribution in [3.63, 3.8) is 0 Å². The number of hydrogen-bond donors (Lipinski definition) is 1. The smallest absolute Gasteiger partial charge is 0.338 e. The van der Waals surface area contributed by atoms with E-state index in [-0.39, 0.29) is 35.5 Å². The number of carbonyl (C=O) groups excluding carboxylic acids is 2. The van der Waals surface area contributed by atoms with Gasteiger partial charge in [0.15, 0.2) is 11.5 Å². The van der Waals surface area contributed by atoms with Gasteiger partial charge < -0.3 is 18.9 Å². The Morgan fingerprint density at radius 3 is 1.34 bits per heavy atom. The average molecular weight is 475 g/mol. The molecule has 0 amide bonds. The molecule has 2 aromatic heterocycles. The van der Waals surface area contributed by atoms with Crippen LogP contribution in [0.4, 0.5) is 0 Å². The van der Waals surface area contributed by atoms with Crippen LogP contribution in [0.3, 0.4) is 0 Å². The Balaban J connectivity index is 1.72. The Labute approximate surface area is 199 Å². The van der Waals surface area contributed by atoms with Crippen molar-refractivity contribution < 1.29 is 28.5 Å². The maximum atomic E-state index is 12.6. The van der Waals surface area contributed by atoms with E-state index in [1.54, 1.807) is 13.8 Å². The number of nitrogens with one attached hydrogen (secondary N) is 1. The second-order valence-corrected chi connectivity index (χ2v) is 7.30. The third-order valence-corrected chi connectivity index (χ3v) is 5.00. The van der Waals surface area contributed by atoms with Crippen LogP contribution < -0.4 is 20.6 Å². The number of fused-ring (bicyclic) bond motifs is 4. The Bertz CT molecular complexity index is 1360. The zero-order chi connectivity index (χ0) is 24.9. The Hall–Kier alpha value is -4.66. The Morgan fingerprint density at radius 2 is 1.00 bits per heavy atom. The highest BCUT2D eigenvalue weighted by Crippen LogP contribution is 2.40. The van der Waals surface area contributed by atoms with Gasteiger partial charge in [-0.1, -0.05) is 0 Å². The zero-order valence-corrected chi connectivity index (χ0v) is 19.0. The topological polar surface area (TPSA) is 121 Å². The van der Waals surface area contributed by atoms with Crippen molar-refractivity contribution in [1.29, 1.82) is 0 Å². The Kier molecular flexibility index (Phi) is 6.77. The highest BCUT2D eigenvalue weighted by atomic mass is 16.5. The van der Waals surface area contributed by atoms with Gasteiger partial charge in [-0.3, -0.25) is 14.6 Å². The molecule has 0 aliphatic rings. The molecule has 0 saturated heterocycles. The lowest BCUT2D eigenvalue weighted by molar-refractivity contribution is 0.0516. The normalized spacial score (nSPS) is 10.7. The second kappa shape index (κ2) is 10.1. The zero-order valence-electron chi connectivity index (χ0n) is 19.0. The number of ether oxygens (including phenoxy) is 4. The van der Waals surface area contributed by atoms with Crippen molar-refractivity contribution in [2.24, 2.45) is 0 Å². The minimum Gasteiger partial charge on any atom is -0.462 e. The van der Waals surface area contributed by atoms with E-state index < -0.39 is 23.1 Å². The summed E-state index contributed by atoms with van der Waals surface area (Å²) in [7, 11) is 0. The van der Waals surface area contributed by atoms with Crippen LogP contribution >= 0.6 is 0 Å². The summed E-state index contributed by atoms with van der Waals surface area (Å²) in [6, 6.07) is 15.2. The molecule has 0 fully saturated rings. The van der Waals surface area contributed by atoms with E-state index in [9.17, 15) is 19.2 Å². The highest BCUT2D eigenvalue weighted by molar-refractivity contribution is 5.90. The van der Waals surface area contributed by atoms with E-state index in [0.29, 0.717) is 22.6 Å². The molecular weight excluding hydrogens is 454 g/mol. The lowest BCUT2D eigenvalue weighted by Crippen LogP contribution is -2.12. The quantitative estimate of drug-likeness (QED) is 0.375. The first-order valence-electron chi connectivity index (χ1n) is 10.8. The molecule has 0 aliphatic carbocycles. The molecule has 2 heterocycles. The predicted molar refractivity (Wildman–Crippen MR) is 127 cm³/mol. The number of aromatic amines is 1. The van der Waals surface area contributed by atoms with Crippen LogP contribution in [0.2, 0.25) is 0 Å². The summed E-state index contributed by atoms with van der Waals surface area (Å²) < 4.78 is 21.9. The number of H-pyrrole nitrogens is 1. The van der Waals surface area contributed by atoms with Gasteiger partial charge in [-0.05, 0) is 74.5 Å². The van der Waals surface area contributed by atoms with Crippen molar-refractivity contribution in [3.8, 4) is 23.0 Å². The van der Waals surface area contributed by atoms with Crippen molar-refractivity contribution in [2.45, 2.75) is 13.8 Å². The van der Waals surface area contributed by atoms with Gasteiger partial charge in [0.2, 0.25) is 0 Å². The molecule has 9 heteroatoms. The maximum Gasteiger partial charge on any atom is 0.338 e. The second-order valence-electron chi connectivity index (χ2n) is 7.30. The van der Waals surface area contributed by atoms with Crippen LogP contribution in [-0.4, -0.2) is 30.1 Å². The van der Waals surface area contributed by atoms with Gasteiger partial charge in [0, 0.05) is 0 Å². The van der Waals surface area contributed by atoms with Crippen LogP contribution in [0.25, 0.3) is 10.8 Å². The molecule has 5 rings (SSSR count).